The summed E-state index contributed by atoms with van der Waals surface area (Å²) in [7, 11) is -1.56. The number of likely N-dealkylation sites (N-methyl/N-ethyl adjacent to an activating group) is 1. The van der Waals surface area contributed by atoms with Crippen molar-refractivity contribution in [2.24, 2.45) is 0 Å². The molecule has 0 bridgehead atoms. The van der Waals surface area contributed by atoms with Crippen LogP contribution < -0.4 is 4.89 Å². The first kappa shape index (κ1) is 26.5. The van der Waals surface area contributed by atoms with E-state index in [0.29, 0.717) is 11.9 Å². The fourth-order valence-corrected chi connectivity index (χ4v) is 5.52. The molecule has 0 aromatic heterocycles. The van der Waals surface area contributed by atoms with Crippen LogP contribution in [0, 0.1) is 0 Å². The number of hydrogen-bond donors (Lipinski definition) is 1. The molecule has 5 nitrogen and oxygen atoms in total. The maximum atomic E-state index is 12.5. The van der Waals surface area contributed by atoms with Gasteiger partial charge >= 0.3 is 8.09 Å². The Balaban J connectivity index is 2.05. The molecule has 1 unspecified atom stereocenters. The number of aliphatic hydroxyl groups is 1. The fraction of sp³-hybridized carbons (Fsp3) is 0.905. The zero-order valence-corrected chi connectivity index (χ0v) is 20.3. The van der Waals surface area contributed by atoms with Crippen molar-refractivity contribution in [3.8, 4) is 0 Å². The monoisotopic (exact) mass is 481 g/mol. The van der Waals surface area contributed by atoms with Gasteiger partial charge in [-0.3, -0.25) is 0 Å². The van der Waals surface area contributed by atoms with Crippen molar-refractivity contribution < 1.29 is 19.0 Å². The zero-order chi connectivity index (χ0) is 20.7. The second-order valence-electron chi connectivity index (χ2n) is 7.67. The van der Waals surface area contributed by atoms with Crippen LogP contribution in [-0.4, -0.2) is 47.5 Å². The maximum absolute atomic E-state index is 12.5. The van der Waals surface area contributed by atoms with Gasteiger partial charge in [0.2, 0.25) is 0 Å². The van der Waals surface area contributed by atoms with Crippen molar-refractivity contribution in [3.05, 3.63) is 12.2 Å². The van der Waals surface area contributed by atoms with Crippen molar-refractivity contribution >= 4 is 24.0 Å². The van der Waals surface area contributed by atoms with Crippen LogP contribution in [0.5, 0.6) is 0 Å². The molecule has 0 aromatic rings. The highest BCUT2D eigenvalue weighted by molar-refractivity contribution is 9.09. The first-order valence-corrected chi connectivity index (χ1v) is 13.7. The Morgan fingerprint density at radius 3 is 2.29 bits per heavy atom. The second kappa shape index (κ2) is 16.2. The van der Waals surface area contributed by atoms with Crippen molar-refractivity contribution in [1.82, 2.24) is 4.67 Å². The van der Waals surface area contributed by atoms with Gasteiger partial charge in [0.15, 0.2) is 0 Å². The third kappa shape index (κ3) is 10.5. The van der Waals surface area contributed by atoms with E-state index in [1.165, 1.54) is 64.2 Å². The molecule has 0 spiro atoms. The first-order chi connectivity index (χ1) is 13.5. The molecule has 1 aliphatic rings. The van der Waals surface area contributed by atoms with Crippen LogP contribution in [-0.2, 0) is 9.05 Å². The summed E-state index contributed by atoms with van der Waals surface area (Å²) >= 11 is 3.25. The van der Waals surface area contributed by atoms with E-state index in [1.54, 1.807) is 17.8 Å². The summed E-state index contributed by atoms with van der Waals surface area (Å²) < 4.78 is 12.2. The zero-order valence-electron chi connectivity index (χ0n) is 17.9. The Morgan fingerprint density at radius 2 is 1.71 bits per heavy atom. The molecular formula is C21H41BrNO4P. The molecule has 0 aromatic carbocycles. The maximum Gasteiger partial charge on any atom is 0.315 e. The van der Waals surface area contributed by atoms with E-state index >= 15 is 0 Å². The highest BCUT2D eigenvalue weighted by Gasteiger charge is 2.50. The summed E-state index contributed by atoms with van der Waals surface area (Å²) in [5.41, 5.74) is 0. The minimum absolute atomic E-state index is 0.222. The van der Waals surface area contributed by atoms with Crippen molar-refractivity contribution in [1.29, 1.82) is 0 Å². The van der Waals surface area contributed by atoms with Gasteiger partial charge in [-0.25, -0.2) is 0 Å². The molecular weight excluding hydrogens is 441 g/mol. The molecule has 7 heteroatoms. The summed E-state index contributed by atoms with van der Waals surface area (Å²) in [5, 5.41) is 11.0. The molecule has 1 rings (SSSR count). The van der Waals surface area contributed by atoms with Crippen LogP contribution in [0.25, 0.3) is 0 Å². The van der Waals surface area contributed by atoms with Crippen molar-refractivity contribution in [3.63, 3.8) is 0 Å². The molecule has 166 valence electrons. The number of halogens is 1. The van der Waals surface area contributed by atoms with Gasteiger partial charge in [0.1, 0.15) is 19.3 Å². The Hall–Kier alpha value is 0.450. The molecule has 0 amide bonds. The topological polar surface area (TPSA) is 65.0 Å². The van der Waals surface area contributed by atoms with Crippen LogP contribution in [0.2, 0.25) is 0 Å². The molecule has 28 heavy (non-hydrogen) atoms. The van der Waals surface area contributed by atoms with Gasteiger partial charge in [0.25, 0.3) is 0 Å². The quantitative estimate of drug-likeness (QED) is 0.130. The van der Waals surface area contributed by atoms with E-state index in [-0.39, 0.29) is 12.6 Å². The molecule has 0 saturated carbocycles. The molecule has 1 fully saturated rings. The number of aliphatic hydroxyl groups excluding tert-OH is 1. The van der Waals surface area contributed by atoms with Gasteiger partial charge in [-0.1, -0.05) is 99.2 Å². The molecule has 3 atom stereocenters. The SMILES string of the molecule is CCCCCCCCCCCCC/C=C/[C@@H](O)[C@@H]1CO[P+]([O-])(OCCBr)N1C. The van der Waals surface area contributed by atoms with Crippen LogP contribution >= 0.6 is 24.0 Å². The summed E-state index contributed by atoms with van der Waals surface area (Å²) in [6, 6.07) is -0.324. The molecule has 0 aliphatic carbocycles. The van der Waals surface area contributed by atoms with Gasteiger partial charge in [0, 0.05) is 12.4 Å². The highest BCUT2D eigenvalue weighted by Crippen LogP contribution is 2.60. The molecule has 1 aliphatic heterocycles. The van der Waals surface area contributed by atoms with Crippen molar-refractivity contribution in [2.75, 3.05) is 25.6 Å². The van der Waals surface area contributed by atoms with Gasteiger partial charge < -0.3 is 10.00 Å². The minimum atomic E-state index is -3.25. The Labute approximate surface area is 181 Å². The van der Waals surface area contributed by atoms with E-state index in [0.717, 1.165) is 12.8 Å². The third-order valence-electron chi connectivity index (χ3n) is 5.31. The van der Waals surface area contributed by atoms with Crippen LogP contribution in [0.4, 0.5) is 0 Å². The summed E-state index contributed by atoms with van der Waals surface area (Å²) in [4.78, 5) is 12.5. The lowest BCUT2D eigenvalue weighted by Crippen LogP contribution is -2.39. The molecule has 0 radical (unpaired) electrons. The van der Waals surface area contributed by atoms with E-state index in [9.17, 15) is 10.00 Å². The second-order valence-corrected chi connectivity index (χ2v) is 10.5. The Morgan fingerprint density at radius 1 is 1.14 bits per heavy atom. The molecule has 1 saturated heterocycles. The standard InChI is InChI=1S/C21H41BrNO4P/c1-3-4-5-6-7-8-9-10-11-12-13-14-15-16-21(24)20-19-27-28(25,23(20)2)26-18-17-22/h15-16,20-21,24H,3-14,17-19H2,1-2H3/b16-15+/t20-,21+,28?/m0/s1. The van der Waals surface area contributed by atoms with Crippen LogP contribution in [0.1, 0.15) is 84.0 Å². The van der Waals surface area contributed by atoms with E-state index in [4.69, 9.17) is 9.05 Å². The van der Waals surface area contributed by atoms with Crippen molar-refractivity contribution in [2.45, 2.75) is 96.1 Å². The first-order valence-electron chi connectivity index (χ1n) is 11.1. The average molecular weight is 482 g/mol. The number of nitrogens with zero attached hydrogens (tertiary/aromatic N) is 1. The summed E-state index contributed by atoms with van der Waals surface area (Å²) in [6.07, 6.45) is 18.8. The Kier molecular flexibility index (Phi) is 15.3. The van der Waals surface area contributed by atoms with Crippen LogP contribution in [0.15, 0.2) is 12.2 Å². The molecule has 1 heterocycles. The summed E-state index contributed by atoms with van der Waals surface area (Å²) in [5.74, 6) is 0. The smallest absolute Gasteiger partial charge is 0.315 e. The number of alkyl halides is 1. The van der Waals surface area contributed by atoms with E-state index < -0.39 is 14.2 Å². The third-order valence-corrected chi connectivity index (χ3v) is 7.69. The average Bonchev–Trinajstić information content (AvgIpc) is 2.99. The Bertz CT molecular complexity index is 416. The van der Waals surface area contributed by atoms with E-state index in [2.05, 4.69) is 22.9 Å². The number of allylic oxidation sites excluding steroid dienone is 1. The van der Waals surface area contributed by atoms with Gasteiger partial charge in [0.05, 0.1) is 6.10 Å². The largest absolute Gasteiger partial charge is 0.616 e. The van der Waals surface area contributed by atoms with Crippen LogP contribution in [0.3, 0.4) is 0 Å². The van der Waals surface area contributed by atoms with Gasteiger partial charge in [-0.05, 0) is 12.8 Å². The van der Waals surface area contributed by atoms with E-state index in [1.807, 2.05) is 6.08 Å². The van der Waals surface area contributed by atoms with Gasteiger partial charge in [-0.15, -0.1) is 4.67 Å². The minimum Gasteiger partial charge on any atom is -0.616 e. The predicted molar refractivity (Wildman–Crippen MR) is 120 cm³/mol. The molecule has 1 N–H and O–H groups in total. The lowest BCUT2D eigenvalue weighted by molar-refractivity contribution is -0.225. The lowest BCUT2D eigenvalue weighted by Gasteiger charge is -2.29. The predicted octanol–water partition coefficient (Wildman–Crippen LogP) is 5.38. The normalized spacial score (nSPS) is 24.4. The van der Waals surface area contributed by atoms with Gasteiger partial charge in [-0.2, -0.15) is 9.05 Å². The number of rotatable bonds is 17. The summed E-state index contributed by atoms with van der Waals surface area (Å²) in [6.45, 7) is 2.80. The fourth-order valence-electron chi connectivity index (χ4n) is 3.44. The highest BCUT2D eigenvalue weighted by atomic mass is 79.9. The lowest BCUT2D eigenvalue weighted by atomic mass is 10.0. The number of unbranched alkanes of at least 4 members (excludes halogenated alkanes) is 11. The number of hydrogen-bond acceptors (Lipinski definition) is 5.